The van der Waals surface area contributed by atoms with Crippen LogP contribution in [0.15, 0.2) is 60.9 Å². The number of nitrogen functional groups attached to an aromatic ring is 1. The number of rotatable bonds is 8. The molecule has 0 saturated carbocycles. The highest BCUT2D eigenvalue weighted by Crippen LogP contribution is 2.36. The fraction of sp³-hybridized carbons (Fsp3) is 0.575. The van der Waals surface area contributed by atoms with Crippen molar-refractivity contribution >= 4 is 16.9 Å². The lowest BCUT2D eigenvalue weighted by Crippen LogP contribution is -2.64. The Morgan fingerprint density at radius 2 is 1.14 bits per heavy atom. The molecule has 3 N–H and O–H groups in total. The third-order valence-corrected chi connectivity index (χ3v) is 12.7. The first kappa shape index (κ1) is 33.2. The van der Waals surface area contributed by atoms with E-state index in [1.165, 1.54) is 90.9 Å². The molecule has 2 aromatic heterocycles. The molecule has 7 heterocycles. The van der Waals surface area contributed by atoms with Crippen molar-refractivity contribution in [3.63, 3.8) is 0 Å². The average molecular weight is 691 g/mol. The summed E-state index contributed by atoms with van der Waals surface area (Å²) in [5.74, 6) is 2.07. The summed E-state index contributed by atoms with van der Waals surface area (Å²) in [6.07, 6.45) is 11.8. The van der Waals surface area contributed by atoms with Crippen molar-refractivity contribution in [2.75, 3.05) is 71.2 Å². The minimum Gasteiger partial charge on any atom is -0.457 e. The predicted octanol–water partition coefficient (Wildman–Crippen LogP) is 4.87. The molecule has 11 heteroatoms. The number of likely N-dealkylation sites (tertiary alicyclic amines) is 4. The monoisotopic (exact) mass is 690 g/mol. The third-order valence-electron chi connectivity index (χ3n) is 12.7. The zero-order valence-electron chi connectivity index (χ0n) is 30.0. The van der Waals surface area contributed by atoms with Gasteiger partial charge in [-0.2, -0.15) is 5.10 Å². The highest BCUT2D eigenvalue weighted by Gasteiger charge is 2.40. The molecule has 0 bridgehead atoms. The van der Waals surface area contributed by atoms with Crippen LogP contribution in [0.25, 0.3) is 22.3 Å². The molecule has 5 aliphatic rings. The minimum atomic E-state index is 0.291. The second kappa shape index (κ2) is 14.8. The summed E-state index contributed by atoms with van der Waals surface area (Å²) in [4.78, 5) is 20.2. The van der Waals surface area contributed by atoms with Gasteiger partial charge in [0.15, 0.2) is 5.65 Å². The number of hydrogen-bond donors (Lipinski definition) is 2. The standard InChI is InChI=1S/C40H54N10O/c41-39-37-38(29-6-8-36(9-7-29)51-35-4-2-1-3-5-35)45-50(40(37)44-28-43-39)33-16-24-48(25-17-33)34-26-49(27-34)32-14-22-47(23-15-32)31-12-20-46(21-13-31)30-10-18-42-19-11-30/h1-9,28,30-34,42H,10-27H2,(H2,41,43,44). The Hall–Kier alpha value is -3.61. The molecule has 5 saturated heterocycles. The molecule has 0 radical (unpaired) electrons. The van der Waals surface area contributed by atoms with Gasteiger partial charge in [0.05, 0.1) is 11.4 Å². The molecule has 2 aromatic carbocycles. The van der Waals surface area contributed by atoms with Crippen LogP contribution in [0.1, 0.15) is 57.4 Å². The van der Waals surface area contributed by atoms with E-state index in [1.807, 2.05) is 54.6 Å². The topological polar surface area (TPSA) is 104 Å². The molecule has 9 rings (SSSR count). The Labute approximate surface area is 302 Å². The number of piperidine rings is 4. The van der Waals surface area contributed by atoms with Crippen molar-refractivity contribution < 1.29 is 4.74 Å². The van der Waals surface area contributed by atoms with E-state index in [-0.39, 0.29) is 0 Å². The molecule has 0 atom stereocenters. The quantitative estimate of drug-likeness (QED) is 0.266. The molecule has 5 aliphatic heterocycles. The zero-order valence-corrected chi connectivity index (χ0v) is 30.0. The molecule has 0 amide bonds. The van der Waals surface area contributed by atoms with Crippen molar-refractivity contribution in [1.82, 2.24) is 44.7 Å². The number of nitrogens with two attached hydrogens (primary N) is 1. The maximum absolute atomic E-state index is 6.46. The highest BCUT2D eigenvalue weighted by atomic mass is 16.5. The molecule has 0 unspecified atom stereocenters. The average Bonchev–Trinajstić information content (AvgIpc) is 3.57. The summed E-state index contributed by atoms with van der Waals surface area (Å²) in [5, 5.41) is 9.52. The summed E-state index contributed by atoms with van der Waals surface area (Å²) < 4.78 is 8.16. The van der Waals surface area contributed by atoms with E-state index in [0.717, 1.165) is 77.8 Å². The SMILES string of the molecule is Nc1ncnc2c1c(-c1ccc(Oc3ccccc3)cc1)nn2C1CCN(C2CN(C3CCN(C4CCN(C5CCNCC5)CC4)CC3)C2)CC1. The molecular weight excluding hydrogens is 637 g/mol. The van der Waals surface area contributed by atoms with E-state index in [2.05, 4.69) is 34.6 Å². The lowest BCUT2D eigenvalue weighted by atomic mass is 9.92. The van der Waals surface area contributed by atoms with Crippen LogP contribution in [0.3, 0.4) is 0 Å². The van der Waals surface area contributed by atoms with Crippen LogP contribution in [0, 0.1) is 0 Å². The van der Waals surface area contributed by atoms with Gasteiger partial charge in [0.1, 0.15) is 29.3 Å². The summed E-state index contributed by atoms with van der Waals surface area (Å²) in [6, 6.07) is 21.3. The molecule has 5 fully saturated rings. The van der Waals surface area contributed by atoms with Gasteiger partial charge in [-0.1, -0.05) is 18.2 Å². The maximum atomic E-state index is 6.46. The summed E-state index contributed by atoms with van der Waals surface area (Å²) in [6.45, 7) is 12.2. The Bertz CT molecular complexity index is 1730. The molecule has 270 valence electrons. The highest BCUT2D eigenvalue weighted by molar-refractivity contribution is 5.98. The van der Waals surface area contributed by atoms with Gasteiger partial charge < -0.3 is 25.6 Å². The van der Waals surface area contributed by atoms with Gasteiger partial charge in [-0.15, -0.1) is 0 Å². The van der Waals surface area contributed by atoms with Crippen LogP contribution in [0.2, 0.25) is 0 Å². The first-order valence-electron chi connectivity index (χ1n) is 19.7. The van der Waals surface area contributed by atoms with Crippen LogP contribution in [-0.2, 0) is 0 Å². The Morgan fingerprint density at radius 3 is 1.78 bits per heavy atom. The van der Waals surface area contributed by atoms with E-state index in [0.29, 0.717) is 17.9 Å². The lowest BCUT2D eigenvalue weighted by molar-refractivity contribution is -0.0321. The number of para-hydroxylation sites is 1. The van der Waals surface area contributed by atoms with Gasteiger partial charge >= 0.3 is 0 Å². The molecule has 0 aliphatic carbocycles. The van der Waals surface area contributed by atoms with Crippen molar-refractivity contribution in [2.45, 2.75) is 81.6 Å². The normalized spacial score (nSPS) is 23.5. The van der Waals surface area contributed by atoms with Crippen LogP contribution in [0.5, 0.6) is 11.5 Å². The first-order chi connectivity index (χ1) is 25.2. The van der Waals surface area contributed by atoms with Crippen LogP contribution in [-0.4, -0.2) is 129 Å². The van der Waals surface area contributed by atoms with E-state index in [4.69, 9.17) is 20.6 Å². The first-order valence-corrected chi connectivity index (χ1v) is 19.7. The lowest BCUT2D eigenvalue weighted by Gasteiger charge is -2.52. The molecule has 11 nitrogen and oxygen atoms in total. The van der Waals surface area contributed by atoms with Crippen LogP contribution < -0.4 is 15.8 Å². The smallest absolute Gasteiger partial charge is 0.164 e. The second-order valence-electron chi connectivity index (χ2n) is 15.6. The summed E-state index contributed by atoms with van der Waals surface area (Å²) >= 11 is 0. The van der Waals surface area contributed by atoms with Gasteiger partial charge in [0.25, 0.3) is 0 Å². The number of benzene rings is 2. The number of fused-ring (bicyclic) bond motifs is 1. The molecular formula is C40H54N10O. The maximum Gasteiger partial charge on any atom is 0.164 e. The molecule has 4 aromatic rings. The third kappa shape index (κ3) is 6.99. The number of anilines is 1. The van der Waals surface area contributed by atoms with Crippen molar-refractivity contribution in [1.29, 1.82) is 0 Å². The van der Waals surface area contributed by atoms with Crippen LogP contribution >= 0.6 is 0 Å². The molecule has 51 heavy (non-hydrogen) atoms. The van der Waals surface area contributed by atoms with E-state index < -0.39 is 0 Å². The summed E-state index contributed by atoms with van der Waals surface area (Å²) in [5.41, 5.74) is 9.10. The largest absolute Gasteiger partial charge is 0.457 e. The summed E-state index contributed by atoms with van der Waals surface area (Å²) in [7, 11) is 0. The zero-order chi connectivity index (χ0) is 34.1. The second-order valence-corrected chi connectivity index (χ2v) is 15.6. The Kier molecular flexibility index (Phi) is 9.64. The van der Waals surface area contributed by atoms with Crippen LogP contribution in [0.4, 0.5) is 5.82 Å². The number of nitrogens with one attached hydrogen (secondary N) is 1. The van der Waals surface area contributed by atoms with Gasteiger partial charge in [-0.05, 0) is 127 Å². The van der Waals surface area contributed by atoms with Crippen molar-refractivity contribution in [2.24, 2.45) is 0 Å². The molecule has 0 spiro atoms. The van der Waals surface area contributed by atoms with Gasteiger partial charge in [-0.3, -0.25) is 9.80 Å². The number of nitrogens with zero attached hydrogens (tertiary/aromatic N) is 8. The van der Waals surface area contributed by atoms with E-state index in [9.17, 15) is 0 Å². The minimum absolute atomic E-state index is 0.291. The van der Waals surface area contributed by atoms with Gasteiger partial charge in [0.2, 0.25) is 0 Å². The number of hydrogen-bond acceptors (Lipinski definition) is 10. The number of aromatic nitrogens is 4. The number of ether oxygens (including phenoxy) is 1. The Balaban J connectivity index is 0.763. The van der Waals surface area contributed by atoms with E-state index in [1.54, 1.807) is 6.33 Å². The van der Waals surface area contributed by atoms with Crippen molar-refractivity contribution in [3.8, 4) is 22.8 Å². The predicted molar refractivity (Wildman–Crippen MR) is 202 cm³/mol. The Morgan fingerprint density at radius 1 is 0.588 bits per heavy atom. The van der Waals surface area contributed by atoms with Gasteiger partial charge in [-0.25, -0.2) is 14.6 Å². The van der Waals surface area contributed by atoms with Gasteiger partial charge in [0, 0.05) is 55.9 Å². The fourth-order valence-corrected chi connectivity index (χ4v) is 9.67. The van der Waals surface area contributed by atoms with Crippen molar-refractivity contribution in [3.05, 3.63) is 60.9 Å². The fourth-order valence-electron chi connectivity index (χ4n) is 9.67. The van der Waals surface area contributed by atoms with E-state index >= 15 is 0 Å².